The predicted molar refractivity (Wildman–Crippen MR) is 96.6 cm³/mol. The van der Waals surface area contributed by atoms with E-state index in [0.29, 0.717) is 5.92 Å². The molecule has 0 aliphatic rings. The number of hydrogen-bond donors (Lipinski definition) is 0. The lowest BCUT2D eigenvalue weighted by Crippen LogP contribution is -2.33. The highest BCUT2D eigenvalue weighted by Gasteiger charge is 2.29. The smallest absolute Gasteiger partial charge is 0.228 e. The van der Waals surface area contributed by atoms with Crippen molar-refractivity contribution in [2.45, 2.75) is 91.6 Å². The predicted octanol–water partition coefficient (Wildman–Crippen LogP) is 5.73. The van der Waals surface area contributed by atoms with E-state index in [2.05, 4.69) is 39.0 Å². The molecular formula is C20H34O4. The SMILES string of the molecule is CC(C)c1ccccc1C(C)C(OOC(C)(C)C)OOC(C)(C)C. The van der Waals surface area contributed by atoms with Crippen molar-refractivity contribution in [2.75, 3.05) is 0 Å². The van der Waals surface area contributed by atoms with Gasteiger partial charge in [-0.25, -0.2) is 19.6 Å². The van der Waals surface area contributed by atoms with E-state index < -0.39 is 17.5 Å². The number of benzene rings is 1. The zero-order valence-corrected chi connectivity index (χ0v) is 16.7. The molecule has 0 N–H and O–H groups in total. The molecule has 0 aromatic heterocycles. The zero-order valence-electron chi connectivity index (χ0n) is 16.7. The molecule has 0 saturated heterocycles. The van der Waals surface area contributed by atoms with E-state index in [9.17, 15) is 0 Å². The fraction of sp³-hybridized carbons (Fsp3) is 0.700. The average Bonchev–Trinajstić information content (AvgIpc) is 2.44. The molecule has 1 unspecified atom stereocenters. The van der Waals surface area contributed by atoms with Crippen LogP contribution in [0.2, 0.25) is 0 Å². The standard InChI is InChI=1S/C20H34O4/c1-14(2)16-12-10-11-13-17(16)15(3)18(21-23-19(4,5)6)22-24-20(7,8)9/h10-15,18H,1-9H3. The number of hydrogen-bond acceptors (Lipinski definition) is 4. The van der Waals surface area contributed by atoms with Gasteiger partial charge < -0.3 is 0 Å². The normalized spacial score (nSPS) is 14.5. The summed E-state index contributed by atoms with van der Waals surface area (Å²) in [6.45, 7) is 18.0. The van der Waals surface area contributed by atoms with E-state index >= 15 is 0 Å². The van der Waals surface area contributed by atoms with Crippen LogP contribution in [0, 0.1) is 0 Å². The Morgan fingerprint density at radius 3 is 1.50 bits per heavy atom. The fourth-order valence-electron chi connectivity index (χ4n) is 2.16. The van der Waals surface area contributed by atoms with Crippen molar-refractivity contribution in [3.05, 3.63) is 35.4 Å². The molecule has 4 heteroatoms. The summed E-state index contributed by atoms with van der Waals surface area (Å²) in [5, 5.41) is 0. The summed E-state index contributed by atoms with van der Waals surface area (Å²) in [5.41, 5.74) is 1.59. The molecule has 0 heterocycles. The third kappa shape index (κ3) is 7.31. The molecule has 0 spiro atoms. The summed E-state index contributed by atoms with van der Waals surface area (Å²) in [5.74, 6) is 0.365. The van der Waals surface area contributed by atoms with Gasteiger partial charge in [0.25, 0.3) is 0 Å². The topological polar surface area (TPSA) is 36.9 Å². The first-order chi connectivity index (χ1) is 10.9. The van der Waals surface area contributed by atoms with Crippen LogP contribution in [0.25, 0.3) is 0 Å². The summed E-state index contributed by atoms with van der Waals surface area (Å²) in [4.78, 5) is 22.2. The first-order valence-electron chi connectivity index (χ1n) is 8.68. The highest BCUT2D eigenvalue weighted by molar-refractivity contribution is 5.32. The van der Waals surface area contributed by atoms with Gasteiger partial charge in [0.05, 0.1) is 11.2 Å². The lowest BCUT2D eigenvalue weighted by atomic mass is 9.89. The molecule has 0 amide bonds. The van der Waals surface area contributed by atoms with E-state index in [0.717, 1.165) is 0 Å². The molecule has 4 nitrogen and oxygen atoms in total. The van der Waals surface area contributed by atoms with Crippen LogP contribution in [0.1, 0.15) is 85.3 Å². The van der Waals surface area contributed by atoms with E-state index in [4.69, 9.17) is 19.6 Å². The van der Waals surface area contributed by atoms with Gasteiger partial charge in [-0.05, 0) is 58.6 Å². The van der Waals surface area contributed by atoms with Crippen molar-refractivity contribution >= 4 is 0 Å². The van der Waals surface area contributed by atoms with Crippen molar-refractivity contribution in [2.24, 2.45) is 0 Å². The molecule has 1 rings (SSSR count). The second-order valence-electron chi connectivity index (χ2n) is 8.52. The van der Waals surface area contributed by atoms with Crippen LogP contribution in [-0.4, -0.2) is 17.5 Å². The molecule has 138 valence electrons. The minimum absolute atomic E-state index is 0.0479. The maximum absolute atomic E-state index is 5.61. The second-order valence-corrected chi connectivity index (χ2v) is 8.52. The molecule has 1 aromatic carbocycles. The lowest BCUT2D eigenvalue weighted by Gasteiger charge is -2.30. The van der Waals surface area contributed by atoms with Crippen LogP contribution >= 0.6 is 0 Å². The Hall–Kier alpha value is -0.940. The maximum Gasteiger partial charge on any atom is 0.230 e. The summed E-state index contributed by atoms with van der Waals surface area (Å²) in [6.07, 6.45) is -0.664. The summed E-state index contributed by atoms with van der Waals surface area (Å²) in [6, 6.07) is 8.33. The Morgan fingerprint density at radius 2 is 1.12 bits per heavy atom. The van der Waals surface area contributed by atoms with Crippen molar-refractivity contribution in [3.8, 4) is 0 Å². The van der Waals surface area contributed by atoms with E-state index in [-0.39, 0.29) is 5.92 Å². The molecule has 0 bridgehead atoms. The highest BCUT2D eigenvalue weighted by atomic mass is 17.3. The molecule has 0 fully saturated rings. The van der Waals surface area contributed by atoms with Crippen molar-refractivity contribution in [1.82, 2.24) is 0 Å². The van der Waals surface area contributed by atoms with Gasteiger partial charge in [0.1, 0.15) is 0 Å². The van der Waals surface area contributed by atoms with Gasteiger partial charge in [0, 0.05) is 5.92 Å². The van der Waals surface area contributed by atoms with Gasteiger partial charge in [0.15, 0.2) is 0 Å². The third-order valence-electron chi connectivity index (χ3n) is 3.30. The van der Waals surface area contributed by atoms with Gasteiger partial charge in [-0.3, -0.25) is 0 Å². The van der Waals surface area contributed by atoms with Gasteiger partial charge in [0.2, 0.25) is 6.29 Å². The van der Waals surface area contributed by atoms with Crippen LogP contribution < -0.4 is 0 Å². The van der Waals surface area contributed by atoms with Gasteiger partial charge in [-0.15, -0.1) is 0 Å². The number of rotatable bonds is 7. The maximum atomic E-state index is 5.61. The first-order valence-corrected chi connectivity index (χ1v) is 8.68. The fourth-order valence-corrected chi connectivity index (χ4v) is 2.16. The van der Waals surface area contributed by atoms with Crippen LogP contribution in [-0.2, 0) is 19.6 Å². The molecular weight excluding hydrogens is 304 g/mol. The Bertz CT molecular complexity index is 479. The molecule has 0 radical (unpaired) electrons. The average molecular weight is 338 g/mol. The van der Waals surface area contributed by atoms with Gasteiger partial charge in [-0.1, -0.05) is 45.0 Å². The molecule has 24 heavy (non-hydrogen) atoms. The molecule has 0 aliphatic carbocycles. The largest absolute Gasteiger partial charge is 0.230 e. The third-order valence-corrected chi connectivity index (χ3v) is 3.30. The summed E-state index contributed by atoms with van der Waals surface area (Å²) >= 11 is 0. The van der Waals surface area contributed by atoms with Crippen molar-refractivity contribution < 1.29 is 19.6 Å². The zero-order chi connectivity index (χ0) is 18.5. The highest BCUT2D eigenvalue weighted by Crippen LogP contribution is 2.31. The minimum Gasteiger partial charge on any atom is -0.228 e. The van der Waals surface area contributed by atoms with Crippen LogP contribution in [0.5, 0.6) is 0 Å². The van der Waals surface area contributed by atoms with Crippen molar-refractivity contribution in [1.29, 1.82) is 0 Å². The monoisotopic (exact) mass is 338 g/mol. The molecule has 0 saturated carbocycles. The molecule has 1 atom stereocenters. The van der Waals surface area contributed by atoms with Gasteiger partial charge >= 0.3 is 0 Å². The first kappa shape index (κ1) is 21.1. The Balaban J connectivity index is 2.99. The van der Waals surface area contributed by atoms with Crippen LogP contribution in [0.4, 0.5) is 0 Å². The minimum atomic E-state index is -0.664. The quantitative estimate of drug-likeness (QED) is 0.361. The molecule has 0 aliphatic heterocycles. The Kier molecular flexibility index (Phi) is 7.42. The summed E-state index contributed by atoms with van der Waals surface area (Å²) < 4.78 is 0. The van der Waals surface area contributed by atoms with Gasteiger partial charge in [-0.2, -0.15) is 0 Å². The lowest BCUT2D eigenvalue weighted by molar-refractivity contribution is -0.500. The van der Waals surface area contributed by atoms with Crippen LogP contribution in [0.15, 0.2) is 24.3 Å². The molecule has 1 aromatic rings. The Labute approximate surface area is 147 Å². The van der Waals surface area contributed by atoms with E-state index in [1.54, 1.807) is 0 Å². The van der Waals surface area contributed by atoms with E-state index in [1.165, 1.54) is 11.1 Å². The van der Waals surface area contributed by atoms with E-state index in [1.807, 2.05) is 47.6 Å². The van der Waals surface area contributed by atoms with Crippen molar-refractivity contribution in [3.63, 3.8) is 0 Å². The second kappa shape index (κ2) is 8.43. The van der Waals surface area contributed by atoms with Crippen LogP contribution in [0.3, 0.4) is 0 Å². The Morgan fingerprint density at radius 1 is 0.708 bits per heavy atom. The summed E-state index contributed by atoms with van der Waals surface area (Å²) in [7, 11) is 0.